The van der Waals surface area contributed by atoms with Crippen LogP contribution in [0.5, 0.6) is 0 Å². The maximum Gasteiger partial charge on any atom is 0.224 e. The number of nitrogens with zero attached hydrogens (tertiary/aromatic N) is 1. The zero-order chi connectivity index (χ0) is 17.9. The van der Waals surface area contributed by atoms with Crippen molar-refractivity contribution in [3.05, 3.63) is 59.1 Å². The van der Waals surface area contributed by atoms with Crippen molar-refractivity contribution < 1.29 is 9.21 Å². The summed E-state index contributed by atoms with van der Waals surface area (Å²) in [5.41, 5.74) is 2.01. The van der Waals surface area contributed by atoms with Gasteiger partial charge in [-0.1, -0.05) is 11.6 Å². The van der Waals surface area contributed by atoms with Crippen LogP contribution in [0.25, 0.3) is 10.9 Å². The molecule has 0 radical (unpaired) electrons. The molecule has 5 nitrogen and oxygen atoms in total. The van der Waals surface area contributed by atoms with Gasteiger partial charge in [0.25, 0.3) is 0 Å². The van der Waals surface area contributed by atoms with E-state index in [4.69, 9.17) is 16.0 Å². The number of nitrogens with one attached hydrogen (secondary N) is 2. The molecule has 0 spiro atoms. The van der Waals surface area contributed by atoms with Gasteiger partial charge in [0.1, 0.15) is 5.76 Å². The predicted molar refractivity (Wildman–Crippen MR) is 102 cm³/mol. The average Bonchev–Trinajstić information content (AvgIpc) is 3.28. The van der Waals surface area contributed by atoms with Crippen LogP contribution < -0.4 is 5.32 Å². The molecule has 1 fully saturated rings. The molecular formula is C20H22ClN3O2. The van der Waals surface area contributed by atoms with Crippen LogP contribution in [0.1, 0.15) is 24.3 Å². The molecule has 1 atom stereocenters. The summed E-state index contributed by atoms with van der Waals surface area (Å²) in [6.07, 6.45) is 3.66. The Labute approximate surface area is 157 Å². The number of carbonyl (C=O) groups is 1. The van der Waals surface area contributed by atoms with Gasteiger partial charge in [-0.25, -0.2) is 0 Å². The summed E-state index contributed by atoms with van der Waals surface area (Å²) in [7, 11) is 0. The van der Waals surface area contributed by atoms with E-state index in [-0.39, 0.29) is 11.8 Å². The Morgan fingerprint density at radius 1 is 1.35 bits per heavy atom. The van der Waals surface area contributed by atoms with E-state index in [1.807, 2.05) is 36.4 Å². The third-order valence-corrected chi connectivity index (χ3v) is 5.16. The number of halogens is 1. The van der Waals surface area contributed by atoms with Crippen LogP contribution >= 0.6 is 11.6 Å². The van der Waals surface area contributed by atoms with E-state index in [0.717, 1.165) is 54.8 Å². The minimum absolute atomic E-state index is 0.0255. The second-order valence-corrected chi connectivity index (χ2v) is 7.33. The fourth-order valence-corrected chi connectivity index (χ4v) is 3.80. The molecule has 2 aromatic heterocycles. The molecule has 0 aliphatic carbocycles. The van der Waals surface area contributed by atoms with Crippen LogP contribution in [0.4, 0.5) is 0 Å². The summed E-state index contributed by atoms with van der Waals surface area (Å²) < 4.78 is 5.42. The number of benzene rings is 1. The van der Waals surface area contributed by atoms with Crippen LogP contribution in [0.2, 0.25) is 5.02 Å². The standard InChI is InChI=1S/C20H22ClN3O2/c21-16-5-6-19-15(9-16)10-17(23-19)11-22-20(25)14-3-1-7-24(12-14)13-18-4-2-8-26-18/h2,4-6,8-10,14,23H,1,3,7,11-13H2,(H,22,25)/t14-/m1/s1. The van der Waals surface area contributed by atoms with Crippen molar-refractivity contribution >= 4 is 28.4 Å². The molecule has 1 saturated heterocycles. The summed E-state index contributed by atoms with van der Waals surface area (Å²) in [5.74, 6) is 1.09. The van der Waals surface area contributed by atoms with Gasteiger partial charge >= 0.3 is 0 Å². The lowest BCUT2D eigenvalue weighted by atomic mass is 9.97. The largest absolute Gasteiger partial charge is 0.468 e. The molecule has 3 heterocycles. The topological polar surface area (TPSA) is 61.3 Å². The lowest BCUT2D eigenvalue weighted by Crippen LogP contribution is -2.42. The van der Waals surface area contributed by atoms with Gasteiger partial charge in [0, 0.05) is 28.2 Å². The van der Waals surface area contributed by atoms with Gasteiger partial charge in [0.15, 0.2) is 0 Å². The first kappa shape index (κ1) is 17.2. The minimum atomic E-state index is 0.0255. The number of hydrogen-bond donors (Lipinski definition) is 2. The highest BCUT2D eigenvalue weighted by Gasteiger charge is 2.26. The normalized spacial score (nSPS) is 18.3. The van der Waals surface area contributed by atoms with Crippen molar-refractivity contribution in [2.45, 2.75) is 25.9 Å². The van der Waals surface area contributed by atoms with Gasteiger partial charge in [0.2, 0.25) is 5.91 Å². The predicted octanol–water partition coefficient (Wildman–Crippen LogP) is 3.94. The molecule has 0 saturated carbocycles. The average molecular weight is 372 g/mol. The van der Waals surface area contributed by atoms with E-state index in [1.54, 1.807) is 6.26 Å². The number of likely N-dealkylation sites (tertiary alicyclic amines) is 1. The van der Waals surface area contributed by atoms with Gasteiger partial charge < -0.3 is 14.7 Å². The van der Waals surface area contributed by atoms with Crippen LogP contribution in [-0.2, 0) is 17.9 Å². The number of carbonyl (C=O) groups excluding carboxylic acids is 1. The lowest BCUT2D eigenvalue weighted by molar-refractivity contribution is -0.127. The number of aromatic nitrogens is 1. The van der Waals surface area contributed by atoms with Crippen LogP contribution in [0.3, 0.4) is 0 Å². The van der Waals surface area contributed by atoms with E-state index in [0.29, 0.717) is 11.6 Å². The molecule has 1 aromatic carbocycles. The zero-order valence-corrected chi connectivity index (χ0v) is 15.3. The van der Waals surface area contributed by atoms with Gasteiger partial charge in [-0.15, -0.1) is 0 Å². The van der Waals surface area contributed by atoms with Crippen molar-refractivity contribution in [3.63, 3.8) is 0 Å². The fourth-order valence-electron chi connectivity index (χ4n) is 3.62. The second-order valence-electron chi connectivity index (χ2n) is 6.90. The monoisotopic (exact) mass is 371 g/mol. The number of furan rings is 1. The highest BCUT2D eigenvalue weighted by atomic mass is 35.5. The van der Waals surface area contributed by atoms with Crippen molar-refractivity contribution in [1.29, 1.82) is 0 Å². The molecule has 2 N–H and O–H groups in total. The number of fused-ring (bicyclic) bond motifs is 1. The number of piperidine rings is 1. The summed E-state index contributed by atoms with van der Waals surface area (Å²) in [4.78, 5) is 18.2. The summed E-state index contributed by atoms with van der Waals surface area (Å²) in [5, 5.41) is 4.84. The molecule has 0 bridgehead atoms. The molecule has 136 valence electrons. The summed E-state index contributed by atoms with van der Waals surface area (Å²) in [6, 6.07) is 11.6. The Morgan fingerprint density at radius 3 is 3.12 bits per heavy atom. The van der Waals surface area contributed by atoms with E-state index >= 15 is 0 Å². The molecule has 1 aliphatic heterocycles. The quantitative estimate of drug-likeness (QED) is 0.714. The van der Waals surface area contributed by atoms with Crippen molar-refractivity contribution in [1.82, 2.24) is 15.2 Å². The first-order chi connectivity index (χ1) is 12.7. The SMILES string of the molecule is O=C(NCc1cc2cc(Cl)ccc2[nH]1)[C@@H]1CCCN(Cc2ccco2)C1. The molecule has 4 rings (SSSR count). The highest BCUT2D eigenvalue weighted by molar-refractivity contribution is 6.31. The van der Waals surface area contributed by atoms with Crippen LogP contribution in [-0.4, -0.2) is 28.9 Å². The van der Waals surface area contributed by atoms with Gasteiger partial charge in [-0.3, -0.25) is 9.69 Å². The second kappa shape index (κ2) is 7.56. The number of amides is 1. The maximum atomic E-state index is 12.6. The Hall–Kier alpha value is -2.24. The number of aromatic amines is 1. The minimum Gasteiger partial charge on any atom is -0.468 e. The van der Waals surface area contributed by atoms with E-state index in [1.165, 1.54) is 0 Å². The zero-order valence-electron chi connectivity index (χ0n) is 14.5. The van der Waals surface area contributed by atoms with Crippen molar-refractivity contribution in [2.75, 3.05) is 13.1 Å². The first-order valence-electron chi connectivity index (χ1n) is 8.97. The van der Waals surface area contributed by atoms with E-state index in [2.05, 4.69) is 15.2 Å². The van der Waals surface area contributed by atoms with Crippen molar-refractivity contribution in [3.8, 4) is 0 Å². The number of hydrogen-bond acceptors (Lipinski definition) is 3. The number of rotatable bonds is 5. The molecule has 1 aliphatic rings. The first-order valence-corrected chi connectivity index (χ1v) is 9.35. The summed E-state index contributed by atoms with van der Waals surface area (Å²) >= 11 is 6.03. The smallest absolute Gasteiger partial charge is 0.224 e. The molecular weight excluding hydrogens is 350 g/mol. The third-order valence-electron chi connectivity index (χ3n) is 4.93. The summed E-state index contributed by atoms with van der Waals surface area (Å²) in [6.45, 7) is 3.04. The molecule has 0 unspecified atom stereocenters. The Balaban J connectivity index is 1.33. The Kier molecular flexibility index (Phi) is 5.00. The van der Waals surface area contributed by atoms with Crippen LogP contribution in [0.15, 0.2) is 47.1 Å². The Morgan fingerprint density at radius 2 is 2.27 bits per heavy atom. The van der Waals surface area contributed by atoms with Gasteiger partial charge in [-0.2, -0.15) is 0 Å². The molecule has 26 heavy (non-hydrogen) atoms. The molecule has 1 amide bonds. The van der Waals surface area contributed by atoms with E-state index < -0.39 is 0 Å². The van der Waals surface area contributed by atoms with E-state index in [9.17, 15) is 4.79 Å². The highest BCUT2D eigenvalue weighted by Crippen LogP contribution is 2.21. The Bertz CT molecular complexity index is 888. The molecule has 3 aromatic rings. The van der Waals surface area contributed by atoms with Gasteiger partial charge in [-0.05, 0) is 55.8 Å². The fraction of sp³-hybridized carbons (Fsp3) is 0.350. The molecule has 6 heteroatoms. The maximum absolute atomic E-state index is 12.6. The third kappa shape index (κ3) is 3.94. The number of H-pyrrole nitrogens is 1. The van der Waals surface area contributed by atoms with Crippen molar-refractivity contribution in [2.24, 2.45) is 5.92 Å². The lowest BCUT2D eigenvalue weighted by Gasteiger charge is -2.31. The van der Waals surface area contributed by atoms with Gasteiger partial charge in [0.05, 0.1) is 25.3 Å². The van der Waals surface area contributed by atoms with Crippen LogP contribution in [0, 0.1) is 5.92 Å².